The van der Waals surface area contributed by atoms with Gasteiger partial charge in [0.1, 0.15) is 0 Å². The van der Waals surface area contributed by atoms with Crippen LogP contribution in [0.15, 0.2) is 24.3 Å². The minimum absolute atomic E-state index is 0.0866. The predicted octanol–water partition coefficient (Wildman–Crippen LogP) is 1.79. The molecule has 0 aliphatic carbocycles. The Bertz CT molecular complexity index is 572. The summed E-state index contributed by atoms with van der Waals surface area (Å²) in [5, 5.41) is 11.8. The highest BCUT2D eigenvalue weighted by atomic mass is 32.2. The van der Waals surface area contributed by atoms with Crippen LogP contribution in [0.25, 0.3) is 0 Å². The summed E-state index contributed by atoms with van der Waals surface area (Å²) >= 11 is 0. The lowest BCUT2D eigenvalue weighted by Crippen LogP contribution is -2.32. The van der Waals surface area contributed by atoms with Gasteiger partial charge >= 0.3 is 0 Å². The molecule has 1 aromatic carbocycles. The van der Waals surface area contributed by atoms with Gasteiger partial charge in [0, 0.05) is 12.6 Å². The van der Waals surface area contributed by atoms with Crippen molar-refractivity contribution in [3.8, 4) is 6.07 Å². The summed E-state index contributed by atoms with van der Waals surface area (Å²) in [5.41, 5.74) is 1.70. The molecule has 1 aromatic rings. The first-order valence-electron chi connectivity index (χ1n) is 6.48. The minimum Gasteiger partial charge on any atom is -0.309 e. The molecule has 0 aromatic heterocycles. The molecule has 0 radical (unpaired) electrons. The van der Waals surface area contributed by atoms with Crippen molar-refractivity contribution in [3.05, 3.63) is 35.4 Å². The van der Waals surface area contributed by atoms with Gasteiger partial charge in [-0.3, -0.25) is 0 Å². The van der Waals surface area contributed by atoms with E-state index in [2.05, 4.69) is 11.4 Å². The molecule has 2 unspecified atom stereocenters. The molecule has 0 amide bonds. The van der Waals surface area contributed by atoms with Crippen molar-refractivity contribution in [2.24, 2.45) is 0 Å². The predicted molar refractivity (Wildman–Crippen MR) is 74.4 cm³/mol. The van der Waals surface area contributed by atoms with E-state index in [1.54, 1.807) is 12.1 Å². The number of sulfone groups is 1. The molecule has 1 heterocycles. The summed E-state index contributed by atoms with van der Waals surface area (Å²) in [6.45, 7) is 2.51. The maximum atomic E-state index is 11.7. The second-order valence-electron chi connectivity index (χ2n) is 4.99. The summed E-state index contributed by atoms with van der Waals surface area (Å²) in [7, 11) is -2.88. The third-order valence-electron chi connectivity index (χ3n) is 3.65. The van der Waals surface area contributed by atoms with Crippen molar-refractivity contribution in [2.45, 2.75) is 31.1 Å². The van der Waals surface area contributed by atoms with Crippen molar-refractivity contribution in [2.75, 3.05) is 12.3 Å². The van der Waals surface area contributed by atoms with Crippen molar-refractivity contribution >= 4 is 9.84 Å². The van der Waals surface area contributed by atoms with E-state index >= 15 is 0 Å². The number of nitrogens with one attached hydrogen (secondary N) is 1. The summed E-state index contributed by atoms with van der Waals surface area (Å²) in [6.07, 6.45) is 1.54. The van der Waals surface area contributed by atoms with Gasteiger partial charge in [0.2, 0.25) is 0 Å². The van der Waals surface area contributed by atoms with Crippen LogP contribution in [0.1, 0.15) is 36.9 Å². The molecule has 0 saturated carbocycles. The number of hydrogen-bond donors (Lipinski definition) is 1. The molecule has 1 N–H and O–H groups in total. The zero-order valence-corrected chi connectivity index (χ0v) is 11.8. The van der Waals surface area contributed by atoms with Crippen LogP contribution in [0.5, 0.6) is 0 Å². The summed E-state index contributed by atoms with van der Waals surface area (Å²) in [5.74, 6) is 0.324. The fourth-order valence-corrected chi connectivity index (χ4v) is 4.14. The van der Waals surface area contributed by atoms with Crippen molar-refractivity contribution in [3.63, 3.8) is 0 Å². The smallest absolute Gasteiger partial charge is 0.154 e. The fraction of sp³-hybridized carbons (Fsp3) is 0.500. The highest BCUT2D eigenvalue weighted by Crippen LogP contribution is 2.20. The SMILES string of the molecule is CC(NCC1CCCS1(=O)=O)c1ccc(C#N)cc1. The molecular weight excluding hydrogens is 260 g/mol. The van der Waals surface area contributed by atoms with E-state index in [0.717, 1.165) is 18.4 Å². The first-order valence-corrected chi connectivity index (χ1v) is 8.19. The van der Waals surface area contributed by atoms with Gasteiger partial charge in [-0.25, -0.2) is 8.42 Å². The summed E-state index contributed by atoms with van der Waals surface area (Å²) in [6, 6.07) is 9.53. The fourth-order valence-electron chi connectivity index (χ4n) is 2.36. The molecule has 5 heteroatoms. The third kappa shape index (κ3) is 3.34. The first-order chi connectivity index (χ1) is 9.03. The van der Waals surface area contributed by atoms with Crippen LogP contribution < -0.4 is 5.32 Å². The molecule has 1 aliphatic rings. The van der Waals surface area contributed by atoms with E-state index in [9.17, 15) is 8.42 Å². The van der Waals surface area contributed by atoms with Crippen LogP contribution in [0, 0.1) is 11.3 Å². The lowest BCUT2D eigenvalue weighted by Gasteiger charge is -2.17. The Morgan fingerprint density at radius 3 is 2.63 bits per heavy atom. The Hall–Kier alpha value is -1.38. The largest absolute Gasteiger partial charge is 0.309 e. The van der Waals surface area contributed by atoms with Crippen molar-refractivity contribution in [1.29, 1.82) is 5.26 Å². The lowest BCUT2D eigenvalue weighted by atomic mass is 10.1. The van der Waals surface area contributed by atoms with Gasteiger partial charge in [0.25, 0.3) is 0 Å². The van der Waals surface area contributed by atoms with Gasteiger partial charge in [-0.15, -0.1) is 0 Å². The molecular formula is C14H18N2O2S. The lowest BCUT2D eigenvalue weighted by molar-refractivity contribution is 0.538. The quantitative estimate of drug-likeness (QED) is 0.911. The zero-order valence-electron chi connectivity index (χ0n) is 11.0. The van der Waals surface area contributed by atoms with Gasteiger partial charge in [-0.05, 0) is 37.5 Å². The van der Waals surface area contributed by atoms with E-state index in [1.165, 1.54) is 0 Å². The molecule has 1 aliphatic heterocycles. The van der Waals surface area contributed by atoms with E-state index in [-0.39, 0.29) is 11.3 Å². The summed E-state index contributed by atoms with van der Waals surface area (Å²) < 4.78 is 23.4. The highest BCUT2D eigenvalue weighted by molar-refractivity contribution is 7.92. The average molecular weight is 278 g/mol. The zero-order chi connectivity index (χ0) is 13.9. The van der Waals surface area contributed by atoms with Crippen molar-refractivity contribution < 1.29 is 8.42 Å². The molecule has 102 valence electrons. The minimum atomic E-state index is -2.88. The molecule has 1 fully saturated rings. The second-order valence-corrected chi connectivity index (χ2v) is 7.40. The van der Waals surface area contributed by atoms with Crippen LogP contribution >= 0.6 is 0 Å². The van der Waals surface area contributed by atoms with Gasteiger partial charge in [-0.1, -0.05) is 12.1 Å². The molecule has 19 heavy (non-hydrogen) atoms. The van der Waals surface area contributed by atoms with Crippen LogP contribution in [0.2, 0.25) is 0 Å². The number of nitriles is 1. The standard InChI is InChI=1S/C14H18N2O2S/c1-11(13-6-4-12(9-15)5-7-13)16-10-14-3-2-8-19(14,17)18/h4-7,11,14,16H,2-3,8,10H2,1H3. The van der Waals surface area contributed by atoms with Gasteiger partial charge < -0.3 is 5.32 Å². The molecule has 2 atom stereocenters. The number of benzene rings is 1. The molecule has 1 saturated heterocycles. The van der Waals surface area contributed by atoms with Crippen LogP contribution in [-0.2, 0) is 9.84 Å². The van der Waals surface area contributed by atoms with E-state index in [1.807, 2.05) is 19.1 Å². The molecule has 2 rings (SSSR count). The van der Waals surface area contributed by atoms with Gasteiger partial charge in [0.15, 0.2) is 9.84 Å². The monoisotopic (exact) mass is 278 g/mol. The normalized spacial score (nSPS) is 22.8. The third-order valence-corrected chi connectivity index (χ3v) is 5.93. The Balaban J connectivity index is 1.94. The van der Waals surface area contributed by atoms with Gasteiger partial charge in [-0.2, -0.15) is 5.26 Å². The van der Waals surface area contributed by atoms with E-state index < -0.39 is 9.84 Å². The van der Waals surface area contributed by atoms with E-state index in [0.29, 0.717) is 17.9 Å². The number of rotatable bonds is 4. The topological polar surface area (TPSA) is 70.0 Å². The Labute approximate surface area is 114 Å². The second kappa shape index (κ2) is 5.72. The summed E-state index contributed by atoms with van der Waals surface area (Å²) in [4.78, 5) is 0. The number of nitrogens with zero attached hydrogens (tertiary/aromatic N) is 1. The Morgan fingerprint density at radius 1 is 1.42 bits per heavy atom. The molecule has 0 bridgehead atoms. The van der Waals surface area contributed by atoms with Crippen LogP contribution in [-0.4, -0.2) is 26.0 Å². The molecule has 4 nitrogen and oxygen atoms in total. The number of hydrogen-bond acceptors (Lipinski definition) is 4. The average Bonchev–Trinajstić information content (AvgIpc) is 2.75. The maximum Gasteiger partial charge on any atom is 0.154 e. The Morgan fingerprint density at radius 2 is 2.11 bits per heavy atom. The Kier molecular flexibility index (Phi) is 4.23. The molecule has 0 spiro atoms. The van der Waals surface area contributed by atoms with E-state index in [4.69, 9.17) is 5.26 Å². The van der Waals surface area contributed by atoms with Gasteiger partial charge in [0.05, 0.1) is 22.6 Å². The highest BCUT2D eigenvalue weighted by Gasteiger charge is 2.31. The van der Waals surface area contributed by atoms with Crippen LogP contribution in [0.4, 0.5) is 0 Å². The first kappa shape index (κ1) is 14.0. The maximum absolute atomic E-state index is 11.7. The van der Waals surface area contributed by atoms with Crippen molar-refractivity contribution in [1.82, 2.24) is 5.32 Å². The van der Waals surface area contributed by atoms with Crippen LogP contribution in [0.3, 0.4) is 0 Å².